The Kier molecular flexibility index (Phi) is 4.40. The molecule has 0 N–H and O–H groups in total. The van der Waals surface area contributed by atoms with Crippen molar-refractivity contribution in [2.45, 2.75) is 17.8 Å². The minimum atomic E-state index is -7.05. The summed E-state index contributed by atoms with van der Waals surface area (Å²) in [6.07, 6.45) is -3.78. The molecule has 110 valence electrons. The van der Waals surface area contributed by atoms with Gasteiger partial charge in [-0.25, -0.2) is 0 Å². The van der Waals surface area contributed by atoms with Crippen molar-refractivity contribution in [1.82, 2.24) is 0 Å². The number of hydrogen-bond donors (Lipinski definition) is 0. The number of Topliss-reactive ketones (excluding diaryl/α,β-unsaturated/α-hetero) is 1. The van der Waals surface area contributed by atoms with E-state index in [-0.39, 0.29) is 0 Å². The number of carbonyl (C=O) groups is 2. The summed E-state index contributed by atoms with van der Waals surface area (Å²) < 4.78 is 121. The predicted molar refractivity (Wildman–Crippen MR) is 36.3 cm³/mol. The maximum atomic E-state index is 12.6. The topological polar surface area (TPSA) is 34.1 Å². The van der Waals surface area contributed by atoms with Crippen LogP contribution in [0.3, 0.4) is 0 Å². The number of allylic oxidation sites excluding steroid dienone is 1. The molecule has 0 aliphatic carbocycles. The molecule has 0 aliphatic rings. The highest BCUT2D eigenvalue weighted by Gasteiger charge is 2.78. The molecule has 0 atom stereocenters. The number of alkyl halides is 6. The van der Waals surface area contributed by atoms with Gasteiger partial charge in [0.05, 0.1) is 0 Å². The Morgan fingerprint density at radius 1 is 0.684 bits per heavy atom. The molecule has 0 aliphatic heterocycles. The molecule has 0 unspecified atom stereocenters. The summed E-state index contributed by atoms with van der Waals surface area (Å²) in [5.74, 6) is -28.3. The third-order valence-electron chi connectivity index (χ3n) is 1.69. The fourth-order valence-electron chi connectivity index (χ4n) is 0.687. The number of halogens is 10. The van der Waals surface area contributed by atoms with Crippen molar-refractivity contribution in [2.24, 2.45) is 0 Å². The molecule has 0 amide bonds. The molecule has 19 heavy (non-hydrogen) atoms. The van der Waals surface area contributed by atoms with Gasteiger partial charge in [0.1, 0.15) is 0 Å². The zero-order chi connectivity index (χ0) is 15.8. The Morgan fingerprint density at radius 2 is 1.05 bits per heavy atom. The highest BCUT2D eigenvalue weighted by Crippen LogP contribution is 2.48. The lowest BCUT2D eigenvalue weighted by atomic mass is 10.0. The summed E-state index contributed by atoms with van der Waals surface area (Å²) in [6, 6.07) is -4.25. The van der Waals surface area contributed by atoms with Crippen LogP contribution in [0.5, 0.6) is 0 Å². The molecule has 0 saturated carbocycles. The maximum Gasteiger partial charge on any atom is 0.404 e. The first-order chi connectivity index (χ1) is 8.21. The standard InChI is InChI=1S/C7F10O2/c8-1(3(9)10)2(18)5(12,13)7(16,17)6(14,15)4(11)19. The molecule has 0 rings (SSSR count). The number of carbonyl (C=O) groups excluding carboxylic acids is 2. The summed E-state index contributed by atoms with van der Waals surface area (Å²) >= 11 is 0. The Bertz CT molecular complexity index is 433. The van der Waals surface area contributed by atoms with Crippen LogP contribution < -0.4 is 0 Å². The lowest BCUT2D eigenvalue weighted by Crippen LogP contribution is -2.60. The van der Waals surface area contributed by atoms with Crippen LogP contribution >= 0.6 is 0 Å². The quantitative estimate of drug-likeness (QED) is 0.444. The van der Waals surface area contributed by atoms with Crippen molar-refractivity contribution < 1.29 is 53.5 Å². The first-order valence-corrected chi connectivity index (χ1v) is 3.80. The number of ketones is 1. The molecular weight excluding hydrogens is 306 g/mol. The van der Waals surface area contributed by atoms with Crippen molar-refractivity contribution >= 4 is 11.8 Å². The second-order valence-corrected chi connectivity index (χ2v) is 2.90. The molecule has 0 spiro atoms. The molecule has 0 radical (unpaired) electrons. The average molecular weight is 306 g/mol. The van der Waals surface area contributed by atoms with E-state index >= 15 is 0 Å². The fraction of sp³-hybridized carbons (Fsp3) is 0.429. The largest absolute Gasteiger partial charge is 0.404 e. The van der Waals surface area contributed by atoms with Crippen LogP contribution in [0.15, 0.2) is 11.9 Å². The van der Waals surface area contributed by atoms with E-state index in [0.717, 1.165) is 0 Å². The summed E-state index contributed by atoms with van der Waals surface area (Å²) in [5.41, 5.74) is 0. The monoisotopic (exact) mass is 306 g/mol. The van der Waals surface area contributed by atoms with Crippen LogP contribution in [0, 0.1) is 0 Å². The molecule has 0 aromatic carbocycles. The van der Waals surface area contributed by atoms with Gasteiger partial charge >= 0.3 is 29.9 Å². The third kappa shape index (κ3) is 2.56. The lowest BCUT2D eigenvalue weighted by Gasteiger charge is -2.28. The second kappa shape index (κ2) is 4.81. The Balaban J connectivity index is 5.86. The first kappa shape index (κ1) is 17.4. The zero-order valence-corrected chi connectivity index (χ0v) is 8.10. The van der Waals surface area contributed by atoms with E-state index in [0.29, 0.717) is 0 Å². The van der Waals surface area contributed by atoms with E-state index < -0.39 is 41.5 Å². The summed E-state index contributed by atoms with van der Waals surface area (Å²) in [6.45, 7) is 0. The Labute approximate surface area is 96.2 Å². The minimum absolute atomic E-state index is 3.72. The van der Waals surface area contributed by atoms with Crippen LogP contribution in [-0.4, -0.2) is 29.6 Å². The minimum Gasteiger partial charge on any atom is -0.284 e. The molecule has 12 heteroatoms. The van der Waals surface area contributed by atoms with Gasteiger partial charge in [-0.15, -0.1) is 0 Å². The highest BCUT2D eigenvalue weighted by molar-refractivity contribution is 6.00. The van der Waals surface area contributed by atoms with Crippen LogP contribution in [0.25, 0.3) is 0 Å². The number of hydrogen-bond acceptors (Lipinski definition) is 2. The number of rotatable bonds is 5. The zero-order valence-electron chi connectivity index (χ0n) is 8.10. The summed E-state index contributed by atoms with van der Waals surface area (Å²) in [4.78, 5) is 19.7. The van der Waals surface area contributed by atoms with E-state index in [4.69, 9.17) is 0 Å². The van der Waals surface area contributed by atoms with E-state index in [1.54, 1.807) is 0 Å². The van der Waals surface area contributed by atoms with E-state index in [9.17, 15) is 53.5 Å². The van der Waals surface area contributed by atoms with E-state index in [1.165, 1.54) is 0 Å². The molecule has 0 aromatic rings. The van der Waals surface area contributed by atoms with Crippen LogP contribution in [0.1, 0.15) is 0 Å². The van der Waals surface area contributed by atoms with Crippen molar-refractivity contribution in [2.75, 3.05) is 0 Å². The van der Waals surface area contributed by atoms with Gasteiger partial charge in [-0.1, -0.05) is 0 Å². The molecule has 0 fully saturated rings. The van der Waals surface area contributed by atoms with Gasteiger partial charge in [-0.05, 0) is 0 Å². The van der Waals surface area contributed by atoms with Gasteiger partial charge in [-0.3, -0.25) is 9.59 Å². The third-order valence-corrected chi connectivity index (χ3v) is 1.69. The molecule has 0 bridgehead atoms. The Morgan fingerprint density at radius 3 is 1.32 bits per heavy atom. The summed E-state index contributed by atoms with van der Waals surface area (Å²) in [7, 11) is 0. The molecular formula is C7F10O2. The van der Waals surface area contributed by atoms with Gasteiger partial charge in [0.25, 0.3) is 5.78 Å². The van der Waals surface area contributed by atoms with Gasteiger partial charge in [0.2, 0.25) is 5.83 Å². The summed E-state index contributed by atoms with van der Waals surface area (Å²) in [5, 5.41) is 0. The average Bonchev–Trinajstić information content (AvgIpc) is 2.25. The normalized spacial score (nSPS) is 13.2. The molecule has 2 nitrogen and oxygen atoms in total. The van der Waals surface area contributed by atoms with Gasteiger partial charge < -0.3 is 0 Å². The maximum absolute atomic E-state index is 12.6. The van der Waals surface area contributed by atoms with Crippen LogP contribution in [0.2, 0.25) is 0 Å². The van der Waals surface area contributed by atoms with Crippen LogP contribution in [0.4, 0.5) is 43.9 Å². The Hall–Kier alpha value is -1.62. The van der Waals surface area contributed by atoms with Crippen molar-refractivity contribution in [3.05, 3.63) is 11.9 Å². The molecule has 0 saturated heterocycles. The lowest BCUT2D eigenvalue weighted by molar-refractivity contribution is -0.288. The smallest absolute Gasteiger partial charge is 0.284 e. The van der Waals surface area contributed by atoms with Crippen molar-refractivity contribution in [3.8, 4) is 0 Å². The SMILES string of the molecule is O=C(F)C(F)(F)C(F)(F)C(F)(F)C(=O)C(F)=C(F)F. The first-order valence-electron chi connectivity index (χ1n) is 3.80. The molecule has 0 heterocycles. The fourth-order valence-corrected chi connectivity index (χ4v) is 0.687. The predicted octanol–water partition coefficient (Wildman–Crippen LogP) is 3.04. The van der Waals surface area contributed by atoms with E-state index in [2.05, 4.69) is 0 Å². The van der Waals surface area contributed by atoms with Crippen molar-refractivity contribution in [1.29, 1.82) is 0 Å². The van der Waals surface area contributed by atoms with E-state index in [1.807, 2.05) is 0 Å². The molecule has 0 aromatic heterocycles. The van der Waals surface area contributed by atoms with Gasteiger partial charge in [0.15, 0.2) is 0 Å². The van der Waals surface area contributed by atoms with Gasteiger partial charge in [0, 0.05) is 0 Å². The van der Waals surface area contributed by atoms with Crippen molar-refractivity contribution in [3.63, 3.8) is 0 Å². The highest BCUT2D eigenvalue weighted by atomic mass is 19.3. The second-order valence-electron chi connectivity index (χ2n) is 2.90. The van der Waals surface area contributed by atoms with Crippen LogP contribution in [-0.2, 0) is 9.59 Å². The van der Waals surface area contributed by atoms with Gasteiger partial charge in [-0.2, -0.15) is 43.9 Å².